The lowest BCUT2D eigenvalue weighted by Gasteiger charge is -2.37. The van der Waals surface area contributed by atoms with E-state index in [1.54, 1.807) is 0 Å². The van der Waals surface area contributed by atoms with Gasteiger partial charge in [-0.15, -0.1) is 0 Å². The van der Waals surface area contributed by atoms with Gasteiger partial charge in [0, 0.05) is 12.5 Å². The van der Waals surface area contributed by atoms with Crippen LogP contribution in [0.1, 0.15) is 46.5 Å². The van der Waals surface area contributed by atoms with Gasteiger partial charge in [0.2, 0.25) is 5.91 Å². The van der Waals surface area contributed by atoms with Crippen LogP contribution in [0, 0.1) is 5.41 Å². The summed E-state index contributed by atoms with van der Waals surface area (Å²) in [5.74, 6) is 0.224. The molecule has 1 aliphatic rings. The Bertz CT molecular complexity index is 232. The van der Waals surface area contributed by atoms with Crippen LogP contribution < -0.4 is 5.32 Å². The molecule has 3 heteroatoms. The van der Waals surface area contributed by atoms with Gasteiger partial charge >= 0.3 is 0 Å². The fourth-order valence-corrected chi connectivity index (χ4v) is 2.15. The number of piperidine rings is 1. The minimum Gasteiger partial charge on any atom is -0.354 e. The predicted octanol–water partition coefficient (Wildman–Crippen LogP) is 2.02. The lowest BCUT2D eigenvalue weighted by atomic mass is 9.77. The van der Waals surface area contributed by atoms with E-state index in [-0.39, 0.29) is 11.3 Å². The van der Waals surface area contributed by atoms with Crippen molar-refractivity contribution in [2.75, 3.05) is 20.1 Å². The molecule has 1 unspecified atom stereocenters. The highest BCUT2D eigenvalue weighted by Gasteiger charge is 2.31. The standard InChI is InChI=1S/C13H26N2O/c1-5-11(2)14-12(16)10-13(3)6-8-15(4)9-7-13/h11H,5-10H2,1-4H3,(H,14,16). The van der Waals surface area contributed by atoms with Crippen molar-refractivity contribution in [3.05, 3.63) is 0 Å². The maximum atomic E-state index is 11.8. The number of carbonyl (C=O) groups excluding carboxylic acids is 1. The van der Waals surface area contributed by atoms with Crippen molar-refractivity contribution in [3.8, 4) is 0 Å². The van der Waals surface area contributed by atoms with E-state index >= 15 is 0 Å². The summed E-state index contributed by atoms with van der Waals surface area (Å²) in [5, 5.41) is 3.06. The number of hydrogen-bond acceptors (Lipinski definition) is 2. The summed E-state index contributed by atoms with van der Waals surface area (Å²) in [4.78, 5) is 14.2. The summed E-state index contributed by atoms with van der Waals surface area (Å²) >= 11 is 0. The van der Waals surface area contributed by atoms with E-state index in [9.17, 15) is 4.79 Å². The van der Waals surface area contributed by atoms with E-state index in [1.165, 1.54) is 0 Å². The van der Waals surface area contributed by atoms with Crippen molar-refractivity contribution in [3.63, 3.8) is 0 Å². The van der Waals surface area contributed by atoms with Crippen LogP contribution in [0.5, 0.6) is 0 Å². The van der Waals surface area contributed by atoms with Crippen LogP contribution >= 0.6 is 0 Å². The molecule has 94 valence electrons. The second-order valence-electron chi connectivity index (χ2n) is 5.67. The first-order valence-corrected chi connectivity index (χ1v) is 6.43. The highest BCUT2D eigenvalue weighted by Crippen LogP contribution is 2.33. The Morgan fingerprint density at radius 2 is 2.00 bits per heavy atom. The Balaban J connectivity index is 2.38. The Labute approximate surface area is 99.6 Å². The average molecular weight is 226 g/mol. The van der Waals surface area contributed by atoms with E-state index in [1.807, 2.05) is 0 Å². The molecule has 0 aromatic heterocycles. The predicted molar refractivity (Wildman–Crippen MR) is 67.4 cm³/mol. The quantitative estimate of drug-likeness (QED) is 0.795. The first kappa shape index (κ1) is 13.5. The molecule has 1 rings (SSSR count). The van der Waals surface area contributed by atoms with E-state index in [4.69, 9.17) is 0 Å². The minimum atomic E-state index is 0.212. The molecule has 1 atom stereocenters. The van der Waals surface area contributed by atoms with Crippen LogP contribution in [0.3, 0.4) is 0 Å². The maximum Gasteiger partial charge on any atom is 0.220 e. The molecule has 1 fully saturated rings. The molecule has 1 N–H and O–H groups in total. The van der Waals surface area contributed by atoms with Crippen LogP contribution in [-0.2, 0) is 4.79 Å². The highest BCUT2D eigenvalue weighted by atomic mass is 16.1. The normalized spacial score (nSPS) is 22.8. The van der Waals surface area contributed by atoms with Crippen molar-refractivity contribution in [2.24, 2.45) is 5.41 Å². The van der Waals surface area contributed by atoms with Gasteiger partial charge in [-0.1, -0.05) is 13.8 Å². The van der Waals surface area contributed by atoms with E-state index in [2.05, 4.69) is 38.0 Å². The van der Waals surface area contributed by atoms with Crippen molar-refractivity contribution in [1.82, 2.24) is 10.2 Å². The van der Waals surface area contributed by atoms with E-state index < -0.39 is 0 Å². The number of likely N-dealkylation sites (tertiary alicyclic amines) is 1. The zero-order valence-electron chi connectivity index (χ0n) is 11.2. The number of carbonyl (C=O) groups is 1. The second kappa shape index (κ2) is 5.67. The monoisotopic (exact) mass is 226 g/mol. The van der Waals surface area contributed by atoms with Gasteiger partial charge in [0.15, 0.2) is 0 Å². The molecule has 0 saturated carbocycles. The molecule has 1 aliphatic heterocycles. The largest absolute Gasteiger partial charge is 0.354 e. The molecule has 1 heterocycles. The lowest BCUT2D eigenvalue weighted by Crippen LogP contribution is -2.41. The van der Waals surface area contributed by atoms with Gasteiger partial charge < -0.3 is 10.2 Å². The second-order valence-corrected chi connectivity index (χ2v) is 5.67. The third-order valence-corrected chi connectivity index (χ3v) is 3.80. The number of amides is 1. The lowest BCUT2D eigenvalue weighted by molar-refractivity contribution is -0.124. The molecular formula is C13H26N2O. The molecule has 16 heavy (non-hydrogen) atoms. The number of rotatable bonds is 4. The Kier molecular flexibility index (Phi) is 4.78. The van der Waals surface area contributed by atoms with Gasteiger partial charge in [-0.2, -0.15) is 0 Å². The smallest absolute Gasteiger partial charge is 0.220 e. The molecule has 3 nitrogen and oxygen atoms in total. The van der Waals surface area contributed by atoms with E-state index in [0.29, 0.717) is 12.5 Å². The summed E-state index contributed by atoms with van der Waals surface area (Å²) in [7, 11) is 2.15. The number of nitrogens with zero attached hydrogens (tertiary/aromatic N) is 1. The van der Waals surface area contributed by atoms with Crippen LogP contribution in [0.4, 0.5) is 0 Å². The SMILES string of the molecule is CCC(C)NC(=O)CC1(C)CCN(C)CC1. The summed E-state index contributed by atoms with van der Waals surface area (Å²) in [6.07, 6.45) is 3.96. The average Bonchev–Trinajstić information content (AvgIpc) is 2.22. The highest BCUT2D eigenvalue weighted by molar-refractivity contribution is 5.76. The molecule has 0 bridgehead atoms. The van der Waals surface area contributed by atoms with Gasteiger partial charge in [-0.05, 0) is 51.7 Å². The zero-order valence-corrected chi connectivity index (χ0v) is 11.2. The molecule has 0 aromatic rings. The Morgan fingerprint density at radius 3 is 2.50 bits per heavy atom. The summed E-state index contributed by atoms with van der Waals surface area (Å²) < 4.78 is 0. The van der Waals surface area contributed by atoms with Gasteiger partial charge in [0.1, 0.15) is 0 Å². The minimum absolute atomic E-state index is 0.212. The molecular weight excluding hydrogens is 200 g/mol. The molecule has 0 aliphatic carbocycles. The van der Waals surface area contributed by atoms with Crippen LogP contribution in [0.25, 0.3) is 0 Å². The van der Waals surface area contributed by atoms with Crippen LogP contribution in [0.2, 0.25) is 0 Å². The topological polar surface area (TPSA) is 32.3 Å². The summed E-state index contributed by atoms with van der Waals surface area (Å²) in [5.41, 5.74) is 0.212. The Morgan fingerprint density at radius 1 is 1.44 bits per heavy atom. The molecule has 0 spiro atoms. The van der Waals surface area contributed by atoms with Crippen molar-refractivity contribution >= 4 is 5.91 Å². The molecule has 1 amide bonds. The van der Waals surface area contributed by atoms with Crippen molar-refractivity contribution in [1.29, 1.82) is 0 Å². The zero-order chi connectivity index (χ0) is 12.2. The van der Waals surface area contributed by atoms with Gasteiger partial charge in [0.25, 0.3) is 0 Å². The third kappa shape index (κ3) is 4.12. The fraction of sp³-hybridized carbons (Fsp3) is 0.923. The van der Waals surface area contributed by atoms with Crippen molar-refractivity contribution < 1.29 is 4.79 Å². The van der Waals surface area contributed by atoms with Gasteiger partial charge in [-0.3, -0.25) is 4.79 Å². The van der Waals surface area contributed by atoms with Crippen LogP contribution in [0.15, 0.2) is 0 Å². The molecule has 0 radical (unpaired) electrons. The van der Waals surface area contributed by atoms with Gasteiger partial charge in [0.05, 0.1) is 0 Å². The summed E-state index contributed by atoms with van der Waals surface area (Å²) in [6, 6.07) is 0.308. The number of nitrogens with one attached hydrogen (secondary N) is 1. The van der Waals surface area contributed by atoms with Crippen molar-refractivity contribution in [2.45, 2.75) is 52.5 Å². The fourth-order valence-electron chi connectivity index (χ4n) is 2.15. The van der Waals surface area contributed by atoms with E-state index in [0.717, 1.165) is 32.4 Å². The first-order valence-electron chi connectivity index (χ1n) is 6.43. The summed E-state index contributed by atoms with van der Waals surface area (Å²) in [6.45, 7) is 8.65. The first-order chi connectivity index (χ1) is 7.45. The van der Waals surface area contributed by atoms with Gasteiger partial charge in [-0.25, -0.2) is 0 Å². The maximum absolute atomic E-state index is 11.8. The molecule has 0 aromatic carbocycles. The molecule has 1 saturated heterocycles. The third-order valence-electron chi connectivity index (χ3n) is 3.80. The van der Waals surface area contributed by atoms with Crippen LogP contribution in [-0.4, -0.2) is 37.0 Å². The number of hydrogen-bond donors (Lipinski definition) is 1. The Hall–Kier alpha value is -0.570.